The van der Waals surface area contributed by atoms with E-state index in [9.17, 15) is 9.59 Å². The molecule has 0 aromatic heterocycles. The minimum absolute atomic E-state index is 0.0647. The van der Waals surface area contributed by atoms with Gasteiger partial charge in [-0.25, -0.2) is 5.43 Å². The molecule has 0 aliphatic carbocycles. The summed E-state index contributed by atoms with van der Waals surface area (Å²) in [4.78, 5) is 23.8. The lowest BCUT2D eigenvalue weighted by Crippen LogP contribution is -2.21. The van der Waals surface area contributed by atoms with Gasteiger partial charge in [0.25, 0.3) is 0 Å². The van der Waals surface area contributed by atoms with Gasteiger partial charge in [0.15, 0.2) is 0 Å². The molecule has 2 amide bonds. The Bertz CT molecular complexity index is 826. The molecular weight excluding hydrogens is 328 g/mol. The Balaban J connectivity index is 1.80. The summed E-state index contributed by atoms with van der Waals surface area (Å²) in [6, 6.07) is 12.9. The zero-order valence-electron chi connectivity index (χ0n) is 15.3. The van der Waals surface area contributed by atoms with E-state index in [1.54, 1.807) is 19.1 Å². The van der Waals surface area contributed by atoms with E-state index in [2.05, 4.69) is 15.8 Å². The average molecular weight is 352 g/mol. The molecule has 0 saturated heterocycles. The van der Waals surface area contributed by atoms with Crippen molar-refractivity contribution in [2.45, 2.75) is 33.6 Å². The molecule has 0 aliphatic rings. The second kappa shape index (κ2) is 8.80. The van der Waals surface area contributed by atoms with E-state index in [1.807, 2.05) is 44.2 Å². The van der Waals surface area contributed by atoms with Crippen LogP contribution < -0.4 is 16.5 Å². The van der Waals surface area contributed by atoms with Crippen molar-refractivity contribution in [3.63, 3.8) is 0 Å². The first-order chi connectivity index (χ1) is 12.3. The molecular formula is C20H24N4O2. The molecule has 0 radical (unpaired) electrons. The number of carbonyl (C=O) groups excluding carboxylic acids is 2. The monoisotopic (exact) mass is 352 g/mol. The molecule has 4 N–H and O–H groups in total. The smallest absolute Gasteiger partial charge is 0.240 e. The van der Waals surface area contributed by atoms with Gasteiger partial charge in [-0.05, 0) is 61.7 Å². The number of amides is 2. The van der Waals surface area contributed by atoms with Gasteiger partial charge in [-0.15, -0.1) is 0 Å². The second-order valence-electron chi connectivity index (χ2n) is 6.20. The van der Waals surface area contributed by atoms with Crippen LogP contribution in [-0.4, -0.2) is 17.5 Å². The Morgan fingerprint density at radius 1 is 0.962 bits per heavy atom. The predicted octanol–water partition coefficient (Wildman–Crippen LogP) is 3.14. The average Bonchev–Trinajstić information content (AvgIpc) is 2.61. The highest BCUT2D eigenvalue weighted by atomic mass is 16.2. The van der Waals surface area contributed by atoms with Crippen molar-refractivity contribution < 1.29 is 9.59 Å². The zero-order chi connectivity index (χ0) is 19.1. The van der Waals surface area contributed by atoms with Crippen LogP contribution in [0.15, 0.2) is 47.6 Å². The van der Waals surface area contributed by atoms with Crippen molar-refractivity contribution >= 4 is 28.9 Å². The van der Waals surface area contributed by atoms with Gasteiger partial charge in [0.05, 0.1) is 5.71 Å². The number of hydrogen-bond acceptors (Lipinski definition) is 4. The molecule has 0 unspecified atom stereocenters. The summed E-state index contributed by atoms with van der Waals surface area (Å²) < 4.78 is 0. The predicted molar refractivity (Wildman–Crippen MR) is 105 cm³/mol. The van der Waals surface area contributed by atoms with Gasteiger partial charge in [-0.1, -0.05) is 18.2 Å². The molecule has 6 heteroatoms. The Hall–Kier alpha value is -3.15. The standard InChI is InChI=1S/C20H24N4O2/c1-13-4-9-18(12-14(13)2)22-19(25)10-11-20(26)24-23-15(3)16-5-7-17(21)8-6-16/h4-9,12H,10-11,21H2,1-3H3,(H,22,25)(H,24,26)/b23-15+. The molecule has 136 valence electrons. The first-order valence-electron chi connectivity index (χ1n) is 8.41. The van der Waals surface area contributed by atoms with E-state index in [1.165, 1.54) is 0 Å². The van der Waals surface area contributed by atoms with Gasteiger partial charge >= 0.3 is 0 Å². The number of anilines is 2. The van der Waals surface area contributed by atoms with Crippen LogP contribution in [0.1, 0.15) is 36.5 Å². The Kier molecular flexibility index (Phi) is 6.49. The van der Waals surface area contributed by atoms with E-state index >= 15 is 0 Å². The number of nitrogens with one attached hydrogen (secondary N) is 2. The summed E-state index contributed by atoms with van der Waals surface area (Å²) in [5, 5.41) is 6.85. The fourth-order valence-corrected chi connectivity index (χ4v) is 2.26. The largest absolute Gasteiger partial charge is 0.399 e. The highest BCUT2D eigenvalue weighted by Gasteiger charge is 2.08. The first kappa shape index (κ1) is 19.2. The number of nitrogens with two attached hydrogens (primary N) is 1. The zero-order valence-corrected chi connectivity index (χ0v) is 15.3. The lowest BCUT2D eigenvalue weighted by Gasteiger charge is -2.07. The van der Waals surface area contributed by atoms with E-state index < -0.39 is 0 Å². The molecule has 2 aromatic rings. The number of nitrogens with zero attached hydrogens (tertiary/aromatic N) is 1. The Labute approximate surface area is 153 Å². The van der Waals surface area contributed by atoms with Gasteiger partial charge in [0.1, 0.15) is 0 Å². The van der Waals surface area contributed by atoms with Crippen LogP contribution in [0.4, 0.5) is 11.4 Å². The Morgan fingerprint density at radius 3 is 2.27 bits per heavy atom. The number of nitrogen functional groups attached to an aromatic ring is 1. The molecule has 2 rings (SSSR count). The molecule has 0 atom stereocenters. The van der Waals surface area contributed by atoms with Crippen molar-refractivity contribution in [3.8, 4) is 0 Å². The fraction of sp³-hybridized carbons (Fsp3) is 0.250. The van der Waals surface area contributed by atoms with Crippen LogP contribution >= 0.6 is 0 Å². The summed E-state index contributed by atoms with van der Waals surface area (Å²) in [6.45, 7) is 5.79. The minimum atomic E-state index is -0.310. The quantitative estimate of drug-likeness (QED) is 0.423. The van der Waals surface area contributed by atoms with E-state index in [4.69, 9.17) is 5.73 Å². The molecule has 0 spiro atoms. The molecule has 6 nitrogen and oxygen atoms in total. The number of hydrazone groups is 1. The van der Waals surface area contributed by atoms with Gasteiger partial charge in [-0.3, -0.25) is 9.59 Å². The molecule has 0 aliphatic heterocycles. The van der Waals surface area contributed by atoms with E-state index in [-0.39, 0.29) is 24.7 Å². The van der Waals surface area contributed by atoms with Gasteiger partial charge < -0.3 is 11.1 Å². The van der Waals surface area contributed by atoms with Crippen molar-refractivity contribution in [2.24, 2.45) is 5.10 Å². The van der Waals surface area contributed by atoms with E-state index in [0.717, 1.165) is 22.4 Å². The number of aryl methyl sites for hydroxylation is 2. The van der Waals surface area contributed by atoms with Gasteiger partial charge in [0, 0.05) is 24.2 Å². The molecule has 0 saturated carbocycles. The van der Waals surface area contributed by atoms with Crippen molar-refractivity contribution in [1.82, 2.24) is 5.43 Å². The number of rotatable bonds is 6. The maximum atomic E-state index is 12.0. The number of benzene rings is 2. The topological polar surface area (TPSA) is 96.6 Å². The lowest BCUT2D eigenvalue weighted by molar-refractivity contribution is -0.124. The van der Waals surface area contributed by atoms with Crippen molar-refractivity contribution in [2.75, 3.05) is 11.1 Å². The third-order valence-electron chi connectivity index (χ3n) is 4.05. The second-order valence-corrected chi connectivity index (χ2v) is 6.20. The van der Waals surface area contributed by atoms with Crippen molar-refractivity contribution in [3.05, 3.63) is 59.2 Å². The first-order valence-corrected chi connectivity index (χ1v) is 8.41. The minimum Gasteiger partial charge on any atom is -0.399 e. The summed E-state index contributed by atoms with van der Waals surface area (Å²) in [6.07, 6.45) is 0.157. The van der Waals surface area contributed by atoms with Crippen LogP contribution in [0.25, 0.3) is 0 Å². The molecule has 0 heterocycles. The summed E-state index contributed by atoms with van der Waals surface area (Å²) in [5.41, 5.74) is 13.3. The maximum Gasteiger partial charge on any atom is 0.240 e. The lowest BCUT2D eigenvalue weighted by atomic mass is 10.1. The van der Waals surface area contributed by atoms with Crippen LogP contribution in [0, 0.1) is 13.8 Å². The third kappa shape index (κ3) is 5.73. The summed E-state index contributed by atoms with van der Waals surface area (Å²) in [5.74, 6) is -0.516. The number of carbonyl (C=O) groups is 2. The third-order valence-corrected chi connectivity index (χ3v) is 4.05. The van der Waals surface area contributed by atoms with Gasteiger partial charge in [-0.2, -0.15) is 5.10 Å². The van der Waals surface area contributed by atoms with E-state index in [0.29, 0.717) is 11.4 Å². The van der Waals surface area contributed by atoms with Crippen LogP contribution in [0.5, 0.6) is 0 Å². The normalized spacial score (nSPS) is 11.1. The number of hydrogen-bond donors (Lipinski definition) is 3. The van der Waals surface area contributed by atoms with Crippen LogP contribution in [-0.2, 0) is 9.59 Å². The molecule has 0 bridgehead atoms. The summed E-state index contributed by atoms with van der Waals surface area (Å²) in [7, 11) is 0. The molecule has 26 heavy (non-hydrogen) atoms. The van der Waals surface area contributed by atoms with Crippen LogP contribution in [0.2, 0.25) is 0 Å². The SMILES string of the molecule is C/C(=N\NC(=O)CCC(=O)Nc1ccc(C)c(C)c1)c1ccc(N)cc1. The highest BCUT2D eigenvalue weighted by molar-refractivity contribution is 5.99. The Morgan fingerprint density at radius 2 is 1.62 bits per heavy atom. The highest BCUT2D eigenvalue weighted by Crippen LogP contribution is 2.14. The summed E-state index contributed by atoms with van der Waals surface area (Å²) >= 11 is 0. The molecule has 2 aromatic carbocycles. The van der Waals surface area contributed by atoms with Crippen molar-refractivity contribution in [1.29, 1.82) is 0 Å². The van der Waals surface area contributed by atoms with Crippen LogP contribution in [0.3, 0.4) is 0 Å². The maximum absolute atomic E-state index is 12.0. The fourth-order valence-electron chi connectivity index (χ4n) is 2.26. The molecule has 0 fully saturated rings. The van der Waals surface area contributed by atoms with Gasteiger partial charge in [0.2, 0.25) is 11.8 Å².